The first-order chi connectivity index (χ1) is 9.61. The van der Waals surface area contributed by atoms with Crippen LogP contribution in [0.4, 0.5) is 4.39 Å². The van der Waals surface area contributed by atoms with Crippen LogP contribution in [0, 0.1) is 5.82 Å². The molecule has 0 heterocycles. The summed E-state index contributed by atoms with van der Waals surface area (Å²) in [6.07, 6.45) is -0.670. The van der Waals surface area contributed by atoms with Crippen molar-refractivity contribution in [3.8, 4) is 11.5 Å². The van der Waals surface area contributed by atoms with Gasteiger partial charge in [0.25, 0.3) is 0 Å². The van der Waals surface area contributed by atoms with Crippen molar-refractivity contribution in [2.75, 3.05) is 7.11 Å². The van der Waals surface area contributed by atoms with E-state index in [1.807, 2.05) is 0 Å². The lowest BCUT2D eigenvalue weighted by atomic mass is 10.1. The van der Waals surface area contributed by atoms with Gasteiger partial charge in [-0.25, -0.2) is 4.39 Å². The van der Waals surface area contributed by atoms with E-state index in [9.17, 15) is 9.50 Å². The molecule has 2 aromatic rings. The Morgan fingerprint density at radius 3 is 2.60 bits per heavy atom. The molecule has 106 valence electrons. The first-order valence-corrected chi connectivity index (χ1v) is 6.34. The second-order valence-electron chi connectivity index (χ2n) is 4.46. The monoisotopic (exact) mass is 276 g/mol. The van der Waals surface area contributed by atoms with Crippen LogP contribution in [0.2, 0.25) is 0 Å². The molecule has 0 aliphatic carbocycles. The van der Waals surface area contributed by atoms with Crippen molar-refractivity contribution in [1.29, 1.82) is 0 Å². The Labute approximate surface area is 117 Å². The van der Waals surface area contributed by atoms with Crippen LogP contribution in [0.15, 0.2) is 42.5 Å². The van der Waals surface area contributed by atoms with Crippen LogP contribution >= 0.6 is 0 Å². The zero-order valence-corrected chi connectivity index (χ0v) is 11.5. The molecule has 4 heteroatoms. The summed E-state index contributed by atoms with van der Waals surface area (Å²) in [6, 6.07) is 11.6. The average molecular weight is 276 g/mol. The van der Waals surface area contributed by atoms with Crippen LogP contribution in [0.5, 0.6) is 11.5 Å². The minimum Gasteiger partial charge on any atom is -0.497 e. The predicted octanol–water partition coefficient (Wildman–Crippen LogP) is 3.47. The minimum atomic E-state index is -0.670. The summed E-state index contributed by atoms with van der Waals surface area (Å²) in [5.74, 6) is 0.800. The van der Waals surface area contributed by atoms with Crippen LogP contribution in [0.3, 0.4) is 0 Å². The van der Waals surface area contributed by atoms with Gasteiger partial charge in [-0.05, 0) is 25.1 Å². The molecule has 0 spiro atoms. The number of rotatable bonds is 5. The highest BCUT2D eigenvalue weighted by molar-refractivity contribution is 5.42. The van der Waals surface area contributed by atoms with Crippen molar-refractivity contribution in [3.63, 3.8) is 0 Å². The van der Waals surface area contributed by atoms with Crippen molar-refractivity contribution >= 4 is 0 Å². The maximum absolute atomic E-state index is 13.5. The third kappa shape index (κ3) is 3.27. The number of hydrogen-bond donors (Lipinski definition) is 1. The molecular formula is C16H17FO3. The first-order valence-electron chi connectivity index (χ1n) is 6.34. The van der Waals surface area contributed by atoms with E-state index >= 15 is 0 Å². The second kappa shape index (κ2) is 6.39. The number of aliphatic hydroxyl groups is 1. The third-order valence-corrected chi connectivity index (χ3v) is 3.01. The van der Waals surface area contributed by atoms with Gasteiger partial charge < -0.3 is 14.6 Å². The van der Waals surface area contributed by atoms with Crippen molar-refractivity contribution < 1.29 is 19.0 Å². The summed E-state index contributed by atoms with van der Waals surface area (Å²) in [6.45, 7) is 1.75. The largest absolute Gasteiger partial charge is 0.497 e. The highest BCUT2D eigenvalue weighted by Gasteiger charge is 2.11. The summed E-state index contributed by atoms with van der Waals surface area (Å²) in [7, 11) is 1.55. The SMILES string of the molecule is COc1ccc(C(C)O)c(OCc2ccccc2F)c1. The van der Waals surface area contributed by atoms with Crippen LogP contribution in [0.25, 0.3) is 0 Å². The molecule has 0 aliphatic rings. The standard InChI is InChI=1S/C16H17FO3/c1-11(18)14-8-7-13(19-2)9-16(14)20-10-12-5-3-4-6-15(12)17/h3-9,11,18H,10H2,1-2H3. The molecule has 0 saturated heterocycles. The van der Waals surface area contributed by atoms with Crippen molar-refractivity contribution in [2.24, 2.45) is 0 Å². The predicted molar refractivity (Wildman–Crippen MR) is 74.4 cm³/mol. The number of methoxy groups -OCH3 is 1. The Morgan fingerprint density at radius 2 is 1.95 bits per heavy atom. The summed E-state index contributed by atoms with van der Waals surface area (Å²) < 4.78 is 24.3. The highest BCUT2D eigenvalue weighted by Crippen LogP contribution is 2.30. The Balaban J connectivity index is 2.21. The lowest BCUT2D eigenvalue weighted by molar-refractivity contribution is 0.189. The number of benzene rings is 2. The van der Waals surface area contributed by atoms with Gasteiger partial charge in [0, 0.05) is 17.2 Å². The van der Waals surface area contributed by atoms with E-state index in [2.05, 4.69) is 0 Å². The first kappa shape index (κ1) is 14.3. The molecule has 3 nitrogen and oxygen atoms in total. The normalized spacial score (nSPS) is 12.0. The zero-order chi connectivity index (χ0) is 14.5. The van der Waals surface area contributed by atoms with Gasteiger partial charge in [0.2, 0.25) is 0 Å². The molecule has 0 saturated carbocycles. The number of hydrogen-bond acceptors (Lipinski definition) is 3. The highest BCUT2D eigenvalue weighted by atomic mass is 19.1. The zero-order valence-electron chi connectivity index (χ0n) is 11.5. The smallest absolute Gasteiger partial charge is 0.129 e. The third-order valence-electron chi connectivity index (χ3n) is 3.01. The quantitative estimate of drug-likeness (QED) is 0.908. The molecule has 0 fully saturated rings. The van der Waals surface area contributed by atoms with E-state index in [-0.39, 0.29) is 12.4 Å². The average Bonchev–Trinajstić information content (AvgIpc) is 2.46. The van der Waals surface area contributed by atoms with E-state index in [1.165, 1.54) is 6.07 Å². The molecule has 0 amide bonds. The van der Waals surface area contributed by atoms with Gasteiger partial charge in [-0.2, -0.15) is 0 Å². The fourth-order valence-corrected chi connectivity index (χ4v) is 1.88. The van der Waals surface area contributed by atoms with Gasteiger partial charge in [-0.1, -0.05) is 18.2 Å². The summed E-state index contributed by atoms with van der Waals surface area (Å²) in [4.78, 5) is 0. The van der Waals surface area contributed by atoms with E-state index in [4.69, 9.17) is 9.47 Å². The van der Waals surface area contributed by atoms with Gasteiger partial charge in [0.15, 0.2) is 0 Å². The lowest BCUT2D eigenvalue weighted by Gasteiger charge is -2.15. The van der Waals surface area contributed by atoms with Crippen LogP contribution in [-0.2, 0) is 6.61 Å². The summed E-state index contributed by atoms with van der Waals surface area (Å²) >= 11 is 0. The van der Waals surface area contributed by atoms with Gasteiger partial charge >= 0.3 is 0 Å². The maximum Gasteiger partial charge on any atom is 0.129 e. The maximum atomic E-state index is 13.5. The molecule has 1 N–H and O–H groups in total. The molecule has 1 atom stereocenters. The van der Waals surface area contributed by atoms with Crippen LogP contribution in [0.1, 0.15) is 24.2 Å². The van der Waals surface area contributed by atoms with E-state index in [0.717, 1.165) is 0 Å². The number of ether oxygens (including phenoxy) is 2. The molecular weight excluding hydrogens is 259 g/mol. The van der Waals surface area contributed by atoms with Gasteiger partial charge in [0.1, 0.15) is 23.9 Å². The lowest BCUT2D eigenvalue weighted by Crippen LogP contribution is -2.03. The van der Waals surface area contributed by atoms with Gasteiger partial charge in [-0.3, -0.25) is 0 Å². The summed E-state index contributed by atoms with van der Waals surface area (Å²) in [5.41, 5.74) is 1.11. The molecule has 1 unspecified atom stereocenters. The number of aliphatic hydroxyl groups excluding tert-OH is 1. The van der Waals surface area contributed by atoms with Crippen molar-refractivity contribution in [3.05, 3.63) is 59.4 Å². The Hall–Kier alpha value is -2.07. The van der Waals surface area contributed by atoms with E-state index < -0.39 is 6.10 Å². The fraction of sp³-hybridized carbons (Fsp3) is 0.250. The van der Waals surface area contributed by atoms with E-state index in [1.54, 1.807) is 50.4 Å². The summed E-state index contributed by atoms with van der Waals surface area (Å²) in [5, 5.41) is 9.73. The Kier molecular flexibility index (Phi) is 4.58. The fourth-order valence-electron chi connectivity index (χ4n) is 1.88. The van der Waals surface area contributed by atoms with E-state index in [0.29, 0.717) is 22.6 Å². The van der Waals surface area contributed by atoms with Crippen LogP contribution < -0.4 is 9.47 Å². The Bertz CT molecular complexity index is 582. The van der Waals surface area contributed by atoms with Gasteiger partial charge in [0.05, 0.1) is 13.2 Å². The van der Waals surface area contributed by atoms with Crippen molar-refractivity contribution in [1.82, 2.24) is 0 Å². The minimum absolute atomic E-state index is 0.0968. The second-order valence-corrected chi connectivity index (χ2v) is 4.46. The molecule has 0 aliphatic heterocycles. The number of halogens is 1. The molecule has 0 radical (unpaired) electrons. The Morgan fingerprint density at radius 1 is 1.20 bits per heavy atom. The molecule has 2 aromatic carbocycles. The van der Waals surface area contributed by atoms with Gasteiger partial charge in [-0.15, -0.1) is 0 Å². The van der Waals surface area contributed by atoms with Crippen LogP contribution in [-0.4, -0.2) is 12.2 Å². The molecule has 2 rings (SSSR count). The molecule has 0 bridgehead atoms. The topological polar surface area (TPSA) is 38.7 Å². The molecule has 20 heavy (non-hydrogen) atoms. The van der Waals surface area contributed by atoms with Crippen molar-refractivity contribution in [2.45, 2.75) is 19.6 Å². The molecule has 0 aromatic heterocycles.